The second-order valence-corrected chi connectivity index (χ2v) is 4.82. The molecule has 20 heavy (non-hydrogen) atoms. The SMILES string of the molecule is CCCc1nn(C)c(N(CC)CC(C)C#N)c1[N+](=O)[O-]. The molecule has 0 saturated carbocycles. The zero-order valence-electron chi connectivity index (χ0n) is 12.5. The van der Waals surface area contributed by atoms with E-state index in [1.165, 1.54) is 0 Å². The van der Waals surface area contributed by atoms with E-state index in [-0.39, 0.29) is 16.5 Å². The quantitative estimate of drug-likeness (QED) is 0.564. The molecular weight excluding hydrogens is 258 g/mol. The van der Waals surface area contributed by atoms with Crippen LogP contribution in [-0.2, 0) is 13.5 Å². The first-order valence-electron chi connectivity index (χ1n) is 6.80. The Morgan fingerprint density at radius 3 is 2.65 bits per heavy atom. The van der Waals surface area contributed by atoms with Crippen molar-refractivity contribution in [3.8, 4) is 6.07 Å². The minimum absolute atomic E-state index is 0.0707. The largest absolute Gasteiger partial charge is 0.350 e. The van der Waals surface area contributed by atoms with Gasteiger partial charge in [0.1, 0.15) is 5.69 Å². The zero-order valence-corrected chi connectivity index (χ0v) is 12.5. The molecular formula is C13H21N5O2. The van der Waals surface area contributed by atoms with Crippen molar-refractivity contribution in [1.29, 1.82) is 5.26 Å². The van der Waals surface area contributed by atoms with Crippen LogP contribution in [0.1, 0.15) is 32.9 Å². The molecule has 1 rings (SSSR count). The molecule has 0 aliphatic carbocycles. The molecule has 1 atom stereocenters. The van der Waals surface area contributed by atoms with E-state index in [2.05, 4.69) is 11.2 Å². The van der Waals surface area contributed by atoms with Crippen LogP contribution >= 0.6 is 0 Å². The van der Waals surface area contributed by atoms with Crippen LogP contribution in [0.4, 0.5) is 11.5 Å². The van der Waals surface area contributed by atoms with Gasteiger partial charge in [0.05, 0.1) is 16.9 Å². The highest BCUT2D eigenvalue weighted by molar-refractivity contribution is 5.61. The highest BCUT2D eigenvalue weighted by Gasteiger charge is 2.29. The maximum absolute atomic E-state index is 11.4. The summed E-state index contributed by atoms with van der Waals surface area (Å²) in [5.74, 6) is 0.294. The van der Waals surface area contributed by atoms with Gasteiger partial charge in [-0.2, -0.15) is 10.4 Å². The predicted molar refractivity (Wildman–Crippen MR) is 76.5 cm³/mol. The van der Waals surface area contributed by atoms with E-state index in [1.54, 1.807) is 18.7 Å². The van der Waals surface area contributed by atoms with E-state index in [1.807, 2.05) is 18.7 Å². The summed E-state index contributed by atoms with van der Waals surface area (Å²) in [6, 6.07) is 2.16. The number of hydrogen-bond acceptors (Lipinski definition) is 5. The lowest BCUT2D eigenvalue weighted by Crippen LogP contribution is -2.30. The Morgan fingerprint density at radius 1 is 1.55 bits per heavy atom. The van der Waals surface area contributed by atoms with Crippen LogP contribution in [-0.4, -0.2) is 27.8 Å². The number of anilines is 1. The molecule has 0 fully saturated rings. The number of nitriles is 1. The summed E-state index contributed by atoms with van der Waals surface area (Å²) in [7, 11) is 1.71. The van der Waals surface area contributed by atoms with E-state index in [9.17, 15) is 10.1 Å². The average Bonchev–Trinajstić information content (AvgIpc) is 2.72. The van der Waals surface area contributed by atoms with Gasteiger partial charge in [-0.1, -0.05) is 13.3 Å². The lowest BCUT2D eigenvalue weighted by atomic mass is 10.2. The van der Waals surface area contributed by atoms with Crippen LogP contribution in [0.15, 0.2) is 0 Å². The van der Waals surface area contributed by atoms with Gasteiger partial charge in [-0.3, -0.25) is 10.1 Å². The topological polar surface area (TPSA) is 88.0 Å². The summed E-state index contributed by atoms with van der Waals surface area (Å²) >= 11 is 0. The number of aromatic nitrogens is 2. The molecule has 0 aliphatic rings. The Bertz CT molecular complexity index is 518. The average molecular weight is 279 g/mol. The molecule has 1 heterocycles. The molecule has 0 spiro atoms. The number of nitrogens with zero attached hydrogens (tertiary/aromatic N) is 5. The van der Waals surface area contributed by atoms with Gasteiger partial charge in [0, 0.05) is 20.1 Å². The van der Waals surface area contributed by atoms with E-state index in [4.69, 9.17) is 5.26 Å². The molecule has 1 aromatic heterocycles. The second kappa shape index (κ2) is 6.89. The highest BCUT2D eigenvalue weighted by Crippen LogP contribution is 2.32. The molecule has 1 aromatic rings. The lowest BCUT2D eigenvalue weighted by Gasteiger charge is -2.22. The Hall–Kier alpha value is -2.10. The van der Waals surface area contributed by atoms with Crippen LogP contribution < -0.4 is 4.90 Å². The smallest absolute Gasteiger partial charge is 0.334 e. The predicted octanol–water partition coefficient (Wildman–Crippen LogP) is 2.27. The van der Waals surface area contributed by atoms with Crippen LogP contribution in [0, 0.1) is 27.4 Å². The van der Waals surface area contributed by atoms with Gasteiger partial charge in [-0.05, 0) is 20.3 Å². The number of nitro groups is 1. The Labute approximate surface area is 118 Å². The van der Waals surface area contributed by atoms with Crippen molar-refractivity contribution in [2.75, 3.05) is 18.0 Å². The number of hydrogen-bond donors (Lipinski definition) is 0. The minimum Gasteiger partial charge on any atom is -0.350 e. The third kappa shape index (κ3) is 3.26. The monoisotopic (exact) mass is 279 g/mol. The van der Waals surface area contributed by atoms with E-state index < -0.39 is 0 Å². The fourth-order valence-electron chi connectivity index (χ4n) is 2.24. The van der Waals surface area contributed by atoms with Gasteiger partial charge in [-0.15, -0.1) is 0 Å². The van der Waals surface area contributed by atoms with Crippen LogP contribution in [0.2, 0.25) is 0 Å². The molecule has 0 radical (unpaired) electrons. The van der Waals surface area contributed by atoms with E-state index >= 15 is 0 Å². The molecule has 1 unspecified atom stereocenters. The fourth-order valence-corrected chi connectivity index (χ4v) is 2.24. The standard InChI is InChI=1S/C13H21N5O2/c1-5-7-11-12(18(19)20)13(16(4)15-11)17(6-2)9-10(3)8-14/h10H,5-7,9H2,1-4H3. The molecule has 7 nitrogen and oxygen atoms in total. The van der Waals surface area contributed by atoms with Gasteiger partial charge in [-0.25, -0.2) is 4.68 Å². The maximum atomic E-state index is 11.4. The minimum atomic E-state index is -0.368. The van der Waals surface area contributed by atoms with Crippen molar-refractivity contribution in [3.05, 3.63) is 15.8 Å². The van der Waals surface area contributed by atoms with Crippen LogP contribution in [0.25, 0.3) is 0 Å². The van der Waals surface area contributed by atoms with Crippen molar-refractivity contribution in [2.24, 2.45) is 13.0 Å². The first-order valence-corrected chi connectivity index (χ1v) is 6.80. The Morgan fingerprint density at radius 2 is 2.20 bits per heavy atom. The Balaban J connectivity index is 3.27. The summed E-state index contributed by atoms with van der Waals surface area (Å²) in [4.78, 5) is 12.8. The normalized spacial score (nSPS) is 11.9. The van der Waals surface area contributed by atoms with Gasteiger partial charge in [0.2, 0.25) is 5.82 Å². The van der Waals surface area contributed by atoms with Gasteiger partial charge < -0.3 is 4.90 Å². The molecule has 0 N–H and O–H groups in total. The van der Waals surface area contributed by atoms with Crippen molar-refractivity contribution in [1.82, 2.24) is 9.78 Å². The summed E-state index contributed by atoms with van der Waals surface area (Å²) in [5.41, 5.74) is 0.583. The van der Waals surface area contributed by atoms with E-state index in [0.29, 0.717) is 31.0 Å². The second-order valence-electron chi connectivity index (χ2n) is 4.82. The molecule has 0 aliphatic heterocycles. The van der Waals surface area contributed by atoms with Gasteiger partial charge >= 0.3 is 5.69 Å². The summed E-state index contributed by atoms with van der Waals surface area (Å²) < 4.78 is 1.55. The molecule has 0 saturated heterocycles. The van der Waals surface area contributed by atoms with Gasteiger partial charge in [0.25, 0.3) is 0 Å². The summed E-state index contributed by atoms with van der Waals surface area (Å²) in [6.45, 7) is 6.74. The maximum Gasteiger partial charge on any atom is 0.334 e. The van der Waals surface area contributed by atoms with Crippen molar-refractivity contribution < 1.29 is 4.92 Å². The summed E-state index contributed by atoms with van der Waals surface area (Å²) in [6.07, 6.45) is 1.38. The highest BCUT2D eigenvalue weighted by atomic mass is 16.6. The molecule has 7 heteroatoms. The van der Waals surface area contributed by atoms with Gasteiger partial charge in [0.15, 0.2) is 0 Å². The molecule has 110 valence electrons. The zero-order chi connectivity index (χ0) is 15.3. The fraction of sp³-hybridized carbons (Fsp3) is 0.692. The molecule has 0 bridgehead atoms. The lowest BCUT2D eigenvalue weighted by molar-refractivity contribution is -0.384. The Kier molecular flexibility index (Phi) is 5.50. The number of aryl methyl sites for hydroxylation is 2. The number of rotatable bonds is 7. The molecule has 0 amide bonds. The molecule has 0 aromatic carbocycles. The van der Waals surface area contributed by atoms with Crippen molar-refractivity contribution >= 4 is 11.5 Å². The van der Waals surface area contributed by atoms with Crippen LogP contribution in [0.3, 0.4) is 0 Å². The van der Waals surface area contributed by atoms with Crippen molar-refractivity contribution in [3.63, 3.8) is 0 Å². The third-order valence-corrected chi connectivity index (χ3v) is 3.13. The van der Waals surface area contributed by atoms with E-state index in [0.717, 1.165) is 6.42 Å². The third-order valence-electron chi connectivity index (χ3n) is 3.13. The van der Waals surface area contributed by atoms with Crippen LogP contribution in [0.5, 0.6) is 0 Å². The first kappa shape index (κ1) is 16.0. The first-order chi connectivity index (χ1) is 9.46. The van der Waals surface area contributed by atoms with Crippen molar-refractivity contribution in [2.45, 2.75) is 33.6 Å². The summed E-state index contributed by atoms with van der Waals surface area (Å²) in [5, 5.41) is 24.6.